The average molecular weight is 341 g/mol. The van der Waals surface area contributed by atoms with Crippen molar-refractivity contribution in [3.63, 3.8) is 0 Å². The van der Waals surface area contributed by atoms with Crippen molar-refractivity contribution in [2.75, 3.05) is 26.2 Å². The second-order valence-electron chi connectivity index (χ2n) is 5.72. The van der Waals surface area contributed by atoms with Crippen molar-refractivity contribution < 1.29 is 14.3 Å². The lowest BCUT2D eigenvalue weighted by Crippen LogP contribution is -2.30. The Bertz CT molecular complexity index is 653. The zero-order chi connectivity index (χ0) is 18.1. The highest BCUT2D eigenvalue weighted by Gasteiger charge is 2.22. The molecule has 0 aromatic heterocycles. The summed E-state index contributed by atoms with van der Waals surface area (Å²) in [6.07, 6.45) is -0.316. The molecule has 0 radical (unpaired) electrons. The Kier molecular flexibility index (Phi) is 7.48. The van der Waals surface area contributed by atoms with Gasteiger partial charge in [-0.2, -0.15) is 0 Å². The first-order valence-corrected chi connectivity index (χ1v) is 8.89. The van der Waals surface area contributed by atoms with Crippen LogP contribution >= 0.6 is 0 Å². The Morgan fingerprint density at radius 2 is 1.60 bits per heavy atom. The molecule has 0 spiro atoms. The van der Waals surface area contributed by atoms with Gasteiger partial charge < -0.3 is 9.47 Å². The molecule has 0 aliphatic carbocycles. The summed E-state index contributed by atoms with van der Waals surface area (Å²) in [7, 11) is 0. The molecule has 0 aliphatic rings. The zero-order valence-corrected chi connectivity index (χ0v) is 15.3. The number of para-hydroxylation sites is 1. The smallest absolute Gasteiger partial charge is 0.342 e. The Morgan fingerprint density at radius 1 is 0.960 bits per heavy atom. The molecule has 25 heavy (non-hydrogen) atoms. The van der Waals surface area contributed by atoms with Gasteiger partial charge in [0.1, 0.15) is 17.4 Å². The van der Waals surface area contributed by atoms with Crippen LogP contribution in [0.5, 0.6) is 5.75 Å². The molecule has 0 N–H and O–H groups in total. The van der Waals surface area contributed by atoms with Crippen molar-refractivity contribution in [3.8, 4) is 5.75 Å². The SMILES string of the molecule is CCOc1ccccc1C(=O)OC(CN(CC)CC)c1ccccc1. The van der Waals surface area contributed by atoms with Crippen molar-refractivity contribution >= 4 is 5.97 Å². The Labute approximate surface area is 150 Å². The van der Waals surface area contributed by atoms with E-state index < -0.39 is 0 Å². The molecule has 0 amide bonds. The largest absolute Gasteiger partial charge is 0.493 e. The van der Waals surface area contributed by atoms with E-state index in [4.69, 9.17) is 9.47 Å². The van der Waals surface area contributed by atoms with Crippen LogP contribution in [-0.2, 0) is 4.74 Å². The van der Waals surface area contributed by atoms with Crippen molar-refractivity contribution in [2.45, 2.75) is 26.9 Å². The molecule has 2 aromatic carbocycles. The van der Waals surface area contributed by atoms with Gasteiger partial charge in [0, 0.05) is 6.54 Å². The summed E-state index contributed by atoms with van der Waals surface area (Å²) in [4.78, 5) is 15.0. The number of likely N-dealkylation sites (N-methyl/N-ethyl adjacent to an activating group) is 1. The highest BCUT2D eigenvalue weighted by Crippen LogP contribution is 2.24. The Hall–Kier alpha value is -2.33. The molecule has 0 saturated heterocycles. The first kappa shape index (κ1) is 19.0. The van der Waals surface area contributed by atoms with Crippen molar-refractivity contribution in [2.24, 2.45) is 0 Å². The van der Waals surface area contributed by atoms with E-state index >= 15 is 0 Å². The number of hydrogen-bond donors (Lipinski definition) is 0. The minimum absolute atomic E-state index is 0.316. The van der Waals surface area contributed by atoms with Gasteiger partial charge in [-0.3, -0.25) is 4.90 Å². The van der Waals surface area contributed by atoms with E-state index in [2.05, 4.69) is 18.7 Å². The Balaban J connectivity index is 2.22. The molecule has 2 aromatic rings. The van der Waals surface area contributed by atoms with Gasteiger partial charge in [-0.15, -0.1) is 0 Å². The van der Waals surface area contributed by atoms with Crippen LogP contribution in [-0.4, -0.2) is 37.1 Å². The first-order chi connectivity index (χ1) is 12.2. The quantitative estimate of drug-likeness (QED) is 0.637. The molecule has 134 valence electrons. The molecule has 1 atom stereocenters. The third kappa shape index (κ3) is 5.33. The minimum atomic E-state index is -0.356. The third-order valence-electron chi connectivity index (χ3n) is 4.15. The molecular formula is C21H27NO3. The van der Waals surface area contributed by atoms with Gasteiger partial charge in [0.15, 0.2) is 0 Å². The van der Waals surface area contributed by atoms with Crippen LogP contribution in [0.3, 0.4) is 0 Å². The lowest BCUT2D eigenvalue weighted by molar-refractivity contribution is 0.0201. The lowest BCUT2D eigenvalue weighted by Gasteiger charge is -2.26. The predicted octanol–water partition coefficient (Wildman–Crippen LogP) is 4.33. The molecule has 0 bridgehead atoms. The van der Waals surface area contributed by atoms with Crippen molar-refractivity contribution in [1.29, 1.82) is 0 Å². The van der Waals surface area contributed by atoms with Gasteiger partial charge in [0.2, 0.25) is 0 Å². The maximum atomic E-state index is 12.8. The molecule has 2 rings (SSSR count). The number of hydrogen-bond acceptors (Lipinski definition) is 4. The summed E-state index contributed by atoms with van der Waals surface area (Å²) in [6.45, 7) is 9.11. The predicted molar refractivity (Wildman–Crippen MR) is 100.0 cm³/mol. The van der Waals surface area contributed by atoms with E-state index in [1.54, 1.807) is 12.1 Å². The van der Waals surface area contributed by atoms with Gasteiger partial charge in [-0.25, -0.2) is 4.79 Å². The molecule has 0 fully saturated rings. The van der Waals surface area contributed by atoms with Crippen molar-refractivity contribution in [1.82, 2.24) is 4.90 Å². The van der Waals surface area contributed by atoms with Crippen LogP contribution in [0, 0.1) is 0 Å². The molecule has 4 nitrogen and oxygen atoms in total. The number of carbonyl (C=O) groups excluding carboxylic acids is 1. The van der Waals surface area contributed by atoms with E-state index in [-0.39, 0.29) is 12.1 Å². The first-order valence-electron chi connectivity index (χ1n) is 8.89. The van der Waals surface area contributed by atoms with E-state index in [9.17, 15) is 4.79 Å². The second kappa shape index (κ2) is 9.84. The number of benzene rings is 2. The molecule has 0 saturated carbocycles. The molecule has 1 unspecified atom stereocenters. The monoisotopic (exact) mass is 341 g/mol. The standard InChI is InChI=1S/C21H27NO3/c1-4-22(5-2)16-20(17-12-8-7-9-13-17)25-21(23)18-14-10-11-15-19(18)24-6-3/h7-15,20H,4-6,16H2,1-3H3. The van der Waals surface area contributed by atoms with Crippen LogP contribution in [0.1, 0.15) is 42.8 Å². The normalized spacial score (nSPS) is 12.0. The Morgan fingerprint density at radius 3 is 2.24 bits per heavy atom. The highest BCUT2D eigenvalue weighted by atomic mass is 16.5. The summed E-state index contributed by atoms with van der Waals surface area (Å²) in [5, 5.41) is 0. The number of carbonyl (C=O) groups is 1. The zero-order valence-electron chi connectivity index (χ0n) is 15.3. The number of esters is 1. The molecule has 4 heteroatoms. The molecule has 0 heterocycles. The second-order valence-corrected chi connectivity index (χ2v) is 5.72. The summed E-state index contributed by atoms with van der Waals surface area (Å²) in [5.41, 5.74) is 1.46. The summed E-state index contributed by atoms with van der Waals surface area (Å²) < 4.78 is 11.4. The van der Waals surface area contributed by atoms with E-state index in [0.717, 1.165) is 18.7 Å². The number of rotatable bonds is 9. The van der Waals surface area contributed by atoms with Gasteiger partial charge in [-0.05, 0) is 37.7 Å². The van der Waals surface area contributed by atoms with Gasteiger partial charge in [0.25, 0.3) is 0 Å². The summed E-state index contributed by atoms with van der Waals surface area (Å²) in [6, 6.07) is 17.1. The van der Waals surface area contributed by atoms with E-state index in [0.29, 0.717) is 24.5 Å². The summed E-state index contributed by atoms with van der Waals surface area (Å²) >= 11 is 0. The van der Waals surface area contributed by atoms with Crippen LogP contribution in [0.2, 0.25) is 0 Å². The van der Waals surface area contributed by atoms with Gasteiger partial charge >= 0.3 is 5.97 Å². The number of nitrogens with zero attached hydrogens (tertiary/aromatic N) is 1. The third-order valence-corrected chi connectivity index (χ3v) is 4.15. The molecule has 0 aliphatic heterocycles. The topological polar surface area (TPSA) is 38.8 Å². The fourth-order valence-electron chi connectivity index (χ4n) is 2.70. The fourth-order valence-corrected chi connectivity index (χ4v) is 2.70. The fraction of sp³-hybridized carbons (Fsp3) is 0.381. The summed E-state index contributed by atoms with van der Waals surface area (Å²) in [5.74, 6) is 0.203. The van der Waals surface area contributed by atoms with Crippen LogP contribution in [0.25, 0.3) is 0 Å². The highest BCUT2D eigenvalue weighted by molar-refractivity contribution is 5.92. The lowest BCUT2D eigenvalue weighted by atomic mass is 10.1. The van der Waals surface area contributed by atoms with E-state index in [1.807, 2.05) is 49.4 Å². The van der Waals surface area contributed by atoms with E-state index in [1.165, 1.54) is 0 Å². The average Bonchev–Trinajstić information content (AvgIpc) is 2.66. The van der Waals surface area contributed by atoms with Gasteiger partial charge in [-0.1, -0.05) is 56.3 Å². The van der Waals surface area contributed by atoms with Crippen LogP contribution < -0.4 is 4.74 Å². The maximum absolute atomic E-state index is 12.8. The van der Waals surface area contributed by atoms with Crippen LogP contribution in [0.15, 0.2) is 54.6 Å². The van der Waals surface area contributed by atoms with Gasteiger partial charge in [0.05, 0.1) is 6.61 Å². The van der Waals surface area contributed by atoms with Crippen LogP contribution in [0.4, 0.5) is 0 Å². The maximum Gasteiger partial charge on any atom is 0.342 e. The van der Waals surface area contributed by atoms with Crippen molar-refractivity contribution in [3.05, 3.63) is 65.7 Å². The minimum Gasteiger partial charge on any atom is -0.493 e. The number of ether oxygens (including phenoxy) is 2. The molecular weight excluding hydrogens is 314 g/mol.